The van der Waals surface area contributed by atoms with Crippen LogP contribution in [-0.2, 0) is 16.1 Å². The van der Waals surface area contributed by atoms with Gasteiger partial charge in [-0.1, -0.05) is 17.3 Å². The summed E-state index contributed by atoms with van der Waals surface area (Å²) in [5.41, 5.74) is 9.43. The number of halogens is 1. The first-order chi connectivity index (χ1) is 17.7. The Morgan fingerprint density at radius 3 is 2.89 bits per heavy atom. The fourth-order valence-electron chi connectivity index (χ4n) is 4.16. The van der Waals surface area contributed by atoms with Crippen molar-refractivity contribution in [1.29, 1.82) is 0 Å². The first-order valence-corrected chi connectivity index (χ1v) is 11.8. The van der Waals surface area contributed by atoms with Gasteiger partial charge in [0.1, 0.15) is 30.4 Å². The standard InChI is InChI=1S/C26H28FN7O2/c27-21-3-1-2-19(14-21)17-34-7-6-20-15-22(4-5-24(20)34)32-26-23(25(28)29-18-30-26)16-31-36-13-10-33-8-11-35-12-9-33/h1-7,14-16,18H,8-13,17H2,(H3,28,29,30,32)/b31-16+. The predicted octanol–water partition coefficient (Wildman–Crippen LogP) is 3.63. The molecule has 0 radical (unpaired) electrons. The van der Waals surface area contributed by atoms with Crippen molar-refractivity contribution in [2.75, 3.05) is 50.5 Å². The van der Waals surface area contributed by atoms with Gasteiger partial charge in [-0.25, -0.2) is 14.4 Å². The largest absolute Gasteiger partial charge is 0.394 e. The molecule has 2 aromatic carbocycles. The van der Waals surface area contributed by atoms with E-state index in [1.807, 2.05) is 36.5 Å². The molecule has 1 fully saturated rings. The van der Waals surface area contributed by atoms with Crippen LogP contribution in [0.15, 0.2) is 66.2 Å². The van der Waals surface area contributed by atoms with E-state index in [2.05, 4.69) is 29.9 Å². The number of aromatic nitrogens is 3. The summed E-state index contributed by atoms with van der Waals surface area (Å²) in [6.07, 6.45) is 4.93. The molecule has 4 aromatic rings. The lowest BCUT2D eigenvalue weighted by Gasteiger charge is -2.25. The Kier molecular flexibility index (Phi) is 7.34. The molecule has 3 N–H and O–H groups in total. The minimum Gasteiger partial charge on any atom is -0.394 e. The summed E-state index contributed by atoms with van der Waals surface area (Å²) in [5, 5.41) is 8.42. The number of fused-ring (bicyclic) bond motifs is 1. The van der Waals surface area contributed by atoms with Crippen LogP contribution >= 0.6 is 0 Å². The number of nitrogens with one attached hydrogen (secondary N) is 1. The van der Waals surface area contributed by atoms with Gasteiger partial charge in [0.25, 0.3) is 0 Å². The van der Waals surface area contributed by atoms with Crippen LogP contribution in [0.4, 0.5) is 21.7 Å². The smallest absolute Gasteiger partial charge is 0.144 e. The zero-order valence-electron chi connectivity index (χ0n) is 19.8. The number of nitrogens with two attached hydrogens (primary N) is 1. The lowest BCUT2D eigenvalue weighted by Crippen LogP contribution is -2.38. The van der Waals surface area contributed by atoms with Crippen molar-refractivity contribution < 1.29 is 14.0 Å². The summed E-state index contributed by atoms with van der Waals surface area (Å²) in [4.78, 5) is 16.1. The molecule has 1 saturated heterocycles. The van der Waals surface area contributed by atoms with Gasteiger partial charge < -0.3 is 25.2 Å². The molecule has 10 heteroatoms. The summed E-state index contributed by atoms with van der Waals surface area (Å²) in [6.45, 7) is 5.14. The number of nitrogen functional groups attached to an aromatic ring is 1. The van der Waals surface area contributed by atoms with Crippen molar-refractivity contribution in [3.63, 3.8) is 0 Å². The van der Waals surface area contributed by atoms with E-state index in [0.717, 1.165) is 55.0 Å². The molecular formula is C26H28FN7O2. The van der Waals surface area contributed by atoms with Gasteiger partial charge in [0.15, 0.2) is 0 Å². The van der Waals surface area contributed by atoms with Gasteiger partial charge in [0, 0.05) is 49.0 Å². The summed E-state index contributed by atoms with van der Waals surface area (Å²) in [5.74, 6) is 0.596. The molecule has 1 aliphatic heterocycles. The van der Waals surface area contributed by atoms with Crippen LogP contribution in [0.25, 0.3) is 10.9 Å². The van der Waals surface area contributed by atoms with Gasteiger partial charge in [-0.3, -0.25) is 4.90 Å². The lowest BCUT2D eigenvalue weighted by molar-refractivity contribution is 0.0214. The van der Waals surface area contributed by atoms with Crippen molar-refractivity contribution in [2.24, 2.45) is 5.16 Å². The monoisotopic (exact) mass is 489 g/mol. The Morgan fingerprint density at radius 1 is 1.14 bits per heavy atom. The second-order valence-corrected chi connectivity index (χ2v) is 8.52. The summed E-state index contributed by atoms with van der Waals surface area (Å²) < 4.78 is 21.0. The fraction of sp³-hybridized carbons (Fsp3) is 0.269. The SMILES string of the molecule is Nc1ncnc(Nc2ccc3c(ccn3Cc3cccc(F)c3)c2)c1/C=N/OCCN1CCOCC1. The number of rotatable bonds is 9. The maximum atomic E-state index is 13.6. The number of benzene rings is 2. The second-order valence-electron chi connectivity index (χ2n) is 8.52. The van der Waals surface area contributed by atoms with E-state index < -0.39 is 0 Å². The number of ether oxygens (including phenoxy) is 1. The highest BCUT2D eigenvalue weighted by Gasteiger charge is 2.11. The number of morpholine rings is 1. The number of oxime groups is 1. The number of nitrogens with zero attached hydrogens (tertiary/aromatic N) is 5. The topological polar surface area (TPSA) is 103 Å². The maximum absolute atomic E-state index is 13.6. The third-order valence-corrected chi connectivity index (χ3v) is 6.05. The molecule has 36 heavy (non-hydrogen) atoms. The van der Waals surface area contributed by atoms with Gasteiger partial charge in [-0.05, 0) is 42.0 Å². The van der Waals surface area contributed by atoms with Crippen LogP contribution in [0.5, 0.6) is 0 Å². The number of anilines is 3. The summed E-state index contributed by atoms with van der Waals surface area (Å²) >= 11 is 0. The Morgan fingerprint density at radius 2 is 2.03 bits per heavy atom. The number of hydrogen-bond acceptors (Lipinski definition) is 8. The molecule has 0 bridgehead atoms. The fourth-order valence-corrected chi connectivity index (χ4v) is 4.16. The normalized spacial score (nSPS) is 14.5. The highest BCUT2D eigenvalue weighted by Crippen LogP contribution is 2.25. The van der Waals surface area contributed by atoms with Crippen molar-refractivity contribution >= 4 is 34.4 Å². The van der Waals surface area contributed by atoms with E-state index in [4.69, 9.17) is 15.3 Å². The van der Waals surface area contributed by atoms with E-state index in [9.17, 15) is 4.39 Å². The molecule has 0 unspecified atom stereocenters. The lowest BCUT2D eigenvalue weighted by atomic mass is 10.2. The van der Waals surface area contributed by atoms with Crippen molar-refractivity contribution in [3.8, 4) is 0 Å². The molecule has 0 saturated carbocycles. The molecule has 0 spiro atoms. The highest BCUT2D eigenvalue weighted by atomic mass is 19.1. The molecular weight excluding hydrogens is 461 g/mol. The predicted molar refractivity (Wildman–Crippen MR) is 138 cm³/mol. The highest BCUT2D eigenvalue weighted by molar-refractivity contribution is 5.93. The van der Waals surface area contributed by atoms with Crippen LogP contribution < -0.4 is 11.1 Å². The van der Waals surface area contributed by atoms with Gasteiger partial charge in [-0.2, -0.15) is 0 Å². The van der Waals surface area contributed by atoms with Crippen LogP contribution in [0.1, 0.15) is 11.1 Å². The minimum absolute atomic E-state index is 0.235. The molecule has 186 valence electrons. The molecule has 9 nitrogen and oxygen atoms in total. The Labute approximate surface area is 208 Å². The van der Waals surface area contributed by atoms with Crippen LogP contribution in [0.2, 0.25) is 0 Å². The third-order valence-electron chi connectivity index (χ3n) is 6.05. The van der Waals surface area contributed by atoms with Crippen molar-refractivity contribution in [3.05, 3.63) is 78.0 Å². The average Bonchev–Trinajstić information content (AvgIpc) is 3.28. The molecule has 0 atom stereocenters. The maximum Gasteiger partial charge on any atom is 0.144 e. The van der Waals surface area contributed by atoms with Crippen LogP contribution in [0.3, 0.4) is 0 Å². The van der Waals surface area contributed by atoms with Gasteiger partial charge in [-0.15, -0.1) is 0 Å². The van der Waals surface area contributed by atoms with Crippen LogP contribution in [-0.4, -0.2) is 65.1 Å². The zero-order valence-corrected chi connectivity index (χ0v) is 19.8. The zero-order chi connectivity index (χ0) is 24.7. The van der Waals surface area contributed by atoms with Gasteiger partial charge in [0.05, 0.1) is 25.0 Å². The van der Waals surface area contributed by atoms with Crippen molar-refractivity contribution in [2.45, 2.75) is 6.54 Å². The summed E-state index contributed by atoms with van der Waals surface area (Å²) in [7, 11) is 0. The first-order valence-electron chi connectivity index (χ1n) is 11.8. The first kappa shape index (κ1) is 23.7. The summed E-state index contributed by atoms with van der Waals surface area (Å²) in [6, 6.07) is 14.7. The Bertz CT molecular complexity index is 1350. The van der Waals surface area contributed by atoms with E-state index in [0.29, 0.717) is 30.4 Å². The van der Waals surface area contributed by atoms with E-state index in [1.54, 1.807) is 12.1 Å². The Balaban J connectivity index is 1.26. The van der Waals surface area contributed by atoms with E-state index in [1.165, 1.54) is 18.6 Å². The van der Waals surface area contributed by atoms with Crippen LogP contribution in [0, 0.1) is 5.82 Å². The molecule has 0 amide bonds. The third kappa shape index (κ3) is 5.78. The second kappa shape index (κ2) is 11.1. The van der Waals surface area contributed by atoms with E-state index >= 15 is 0 Å². The molecule has 3 heterocycles. The molecule has 1 aliphatic rings. The molecule has 2 aromatic heterocycles. The molecule has 0 aliphatic carbocycles. The molecule has 5 rings (SSSR count). The van der Waals surface area contributed by atoms with E-state index in [-0.39, 0.29) is 5.82 Å². The van der Waals surface area contributed by atoms with Gasteiger partial charge >= 0.3 is 0 Å². The average molecular weight is 490 g/mol. The minimum atomic E-state index is -0.235. The van der Waals surface area contributed by atoms with Crippen molar-refractivity contribution in [1.82, 2.24) is 19.4 Å². The Hall–Kier alpha value is -4.02. The number of hydrogen-bond donors (Lipinski definition) is 2. The quantitative estimate of drug-likeness (QED) is 0.210. The van der Waals surface area contributed by atoms with Gasteiger partial charge in [0.2, 0.25) is 0 Å².